The van der Waals surface area contributed by atoms with E-state index in [0.29, 0.717) is 11.3 Å². The number of para-hydroxylation sites is 2. The lowest BCUT2D eigenvalue weighted by molar-refractivity contribution is -0.111. The number of rotatable bonds is 9. The van der Waals surface area contributed by atoms with E-state index in [2.05, 4.69) is 14.8 Å². The van der Waals surface area contributed by atoms with Crippen molar-refractivity contribution in [2.75, 3.05) is 10.0 Å². The van der Waals surface area contributed by atoms with E-state index < -0.39 is 26.0 Å². The molecule has 0 aromatic heterocycles. The van der Waals surface area contributed by atoms with Crippen molar-refractivity contribution in [3.8, 4) is 0 Å². The third kappa shape index (κ3) is 6.10. The molecule has 3 N–H and O–H groups in total. The lowest BCUT2D eigenvalue weighted by Crippen LogP contribution is -2.25. The van der Waals surface area contributed by atoms with Crippen LogP contribution in [-0.2, 0) is 24.8 Å². The van der Waals surface area contributed by atoms with Gasteiger partial charge in [-0.15, -0.1) is 0 Å². The molecule has 34 heavy (non-hydrogen) atoms. The van der Waals surface area contributed by atoms with Crippen molar-refractivity contribution < 1.29 is 21.6 Å². The molecular weight excluding hydrogens is 474 g/mol. The molecule has 1 saturated carbocycles. The SMILES string of the molecule is O=C(/C=C/c1ccc(S(=O)(=O)NC2CC2)cc1)Nc1ccccc1NS(=O)(=O)c1ccccc1. The van der Waals surface area contributed by atoms with Crippen LogP contribution in [0.4, 0.5) is 11.4 Å². The first-order chi connectivity index (χ1) is 16.2. The average molecular weight is 498 g/mol. The molecule has 10 heteroatoms. The first-order valence-corrected chi connectivity index (χ1v) is 13.5. The van der Waals surface area contributed by atoms with E-state index in [9.17, 15) is 21.6 Å². The van der Waals surface area contributed by atoms with E-state index in [-0.39, 0.29) is 21.5 Å². The highest BCUT2D eigenvalue weighted by molar-refractivity contribution is 7.92. The fourth-order valence-electron chi connectivity index (χ4n) is 3.08. The summed E-state index contributed by atoms with van der Waals surface area (Å²) in [5.74, 6) is -0.474. The molecule has 0 radical (unpaired) electrons. The molecule has 3 aromatic rings. The lowest BCUT2D eigenvalue weighted by Gasteiger charge is -2.12. The van der Waals surface area contributed by atoms with Gasteiger partial charge in [-0.2, -0.15) is 0 Å². The number of hydrogen-bond donors (Lipinski definition) is 3. The Kier molecular flexibility index (Phi) is 6.82. The topological polar surface area (TPSA) is 121 Å². The van der Waals surface area contributed by atoms with Gasteiger partial charge >= 0.3 is 0 Å². The molecule has 8 nitrogen and oxygen atoms in total. The van der Waals surface area contributed by atoms with Crippen molar-refractivity contribution in [3.05, 3.63) is 90.5 Å². The van der Waals surface area contributed by atoms with Gasteiger partial charge in [-0.3, -0.25) is 9.52 Å². The molecule has 1 amide bonds. The monoisotopic (exact) mass is 497 g/mol. The summed E-state index contributed by atoms with van der Waals surface area (Å²) in [7, 11) is -7.36. The van der Waals surface area contributed by atoms with Crippen molar-refractivity contribution in [1.29, 1.82) is 0 Å². The Morgan fingerprint density at radius 3 is 1.97 bits per heavy atom. The number of carbonyl (C=O) groups excluding carboxylic acids is 1. The van der Waals surface area contributed by atoms with Crippen LogP contribution in [-0.4, -0.2) is 28.8 Å². The molecule has 1 fully saturated rings. The largest absolute Gasteiger partial charge is 0.321 e. The lowest BCUT2D eigenvalue weighted by atomic mass is 10.2. The summed E-state index contributed by atoms with van der Waals surface area (Å²) in [4.78, 5) is 12.7. The maximum atomic E-state index is 12.6. The van der Waals surface area contributed by atoms with Crippen LogP contribution in [0.25, 0.3) is 6.08 Å². The van der Waals surface area contributed by atoms with Gasteiger partial charge < -0.3 is 5.32 Å². The van der Waals surface area contributed by atoms with Gasteiger partial charge in [0.1, 0.15) is 0 Å². The normalized spacial score (nSPS) is 14.1. The van der Waals surface area contributed by atoms with E-state index in [4.69, 9.17) is 0 Å². The molecule has 176 valence electrons. The Hall–Kier alpha value is -3.47. The van der Waals surface area contributed by atoms with Crippen molar-refractivity contribution in [3.63, 3.8) is 0 Å². The summed E-state index contributed by atoms with van der Waals surface area (Å²) < 4.78 is 54.8. The number of anilines is 2. The second-order valence-corrected chi connectivity index (χ2v) is 11.1. The number of carbonyl (C=O) groups is 1. The van der Waals surface area contributed by atoms with E-state index in [1.165, 1.54) is 36.4 Å². The number of nitrogens with one attached hydrogen (secondary N) is 3. The first kappa shape index (κ1) is 23.7. The molecule has 3 aromatic carbocycles. The Morgan fingerprint density at radius 1 is 0.735 bits per heavy atom. The molecule has 0 spiro atoms. The summed E-state index contributed by atoms with van der Waals surface area (Å²) in [6.07, 6.45) is 4.53. The van der Waals surface area contributed by atoms with Gasteiger partial charge in [0.25, 0.3) is 10.0 Å². The smallest absolute Gasteiger partial charge is 0.261 e. The van der Waals surface area contributed by atoms with Crippen LogP contribution in [0.5, 0.6) is 0 Å². The first-order valence-electron chi connectivity index (χ1n) is 10.5. The molecular formula is C24H23N3O5S2. The van der Waals surface area contributed by atoms with Crippen LogP contribution in [0.3, 0.4) is 0 Å². The summed E-state index contributed by atoms with van der Waals surface area (Å²) >= 11 is 0. The summed E-state index contributed by atoms with van der Waals surface area (Å²) in [5.41, 5.74) is 1.16. The van der Waals surface area contributed by atoms with Crippen LogP contribution in [0.1, 0.15) is 18.4 Å². The highest BCUT2D eigenvalue weighted by Gasteiger charge is 2.27. The van der Waals surface area contributed by atoms with Gasteiger partial charge in [0.2, 0.25) is 15.9 Å². The quantitative estimate of drug-likeness (QED) is 0.390. The third-order valence-electron chi connectivity index (χ3n) is 5.00. The van der Waals surface area contributed by atoms with Crippen molar-refractivity contribution in [2.45, 2.75) is 28.7 Å². The molecule has 4 rings (SSSR count). The Bertz CT molecular complexity index is 1410. The molecule has 0 bridgehead atoms. The number of sulfonamides is 2. The minimum absolute atomic E-state index is 0.0216. The van der Waals surface area contributed by atoms with Crippen LogP contribution in [0.2, 0.25) is 0 Å². The molecule has 1 aliphatic rings. The summed E-state index contributed by atoms with van der Waals surface area (Å²) in [6, 6.07) is 20.6. The average Bonchev–Trinajstić information content (AvgIpc) is 3.63. The highest BCUT2D eigenvalue weighted by atomic mass is 32.2. The Balaban J connectivity index is 1.42. The maximum Gasteiger partial charge on any atom is 0.261 e. The number of hydrogen-bond acceptors (Lipinski definition) is 5. The Labute approximate surface area is 198 Å². The van der Waals surface area contributed by atoms with Crippen LogP contribution < -0.4 is 14.8 Å². The van der Waals surface area contributed by atoms with E-state index in [0.717, 1.165) is 12.8 Å². The minimum atomic E-state index is -3.82. The highest BCUT2D eigenvalue weighted by Crippen LogP contribution is 2.25. The standard InChI is InChI=1S/C24H23N3O5S2/c28-24(17-12-18-10-15-21(16-11-18)33(29,30)26-19-13-14-19)25-22-8-4-5-9-23(22)27-34(31,32)20-6-2-1-3-7-20/h1-12,15-17,19,26-27H,13-14H2,(H,25,28)/b17-12+. The minimum Gasteiger partial charge on any atom is -0.321 e. The molecule has 0 aliphatic heterocycles. The van der Waals surface area contributed by atoms with Crippen molar-refractivity contribution in [1.82, 2.24) is 4.72 Å². The zero-order valence-corrected chi connectivity index (χ0v) is 19.6. The predicted octanol–water partition coefficient (Wildman–Crippen LogP) is 3.58. The molecule has 0 unspecified atom stereocenters. The van der Waals surface area contributed by atoms with Crippen molar-refractivity contribution >= 4 is 43.4 Å². The maximum absolute atomic E-state index is 12.6. The predicted molar refractivity (Wildman–Crippen MR) is 131 cm³/mol. The summed E-state index contributed by atoms with van der Waals surface area (Å²) in [5, 5.41) is 2.66. The van der Waals surface area contributed by atoms with Crippen LogP contribution >= 0.6 is 0 Å². The Morgan fingerprint density at radius 2 is 1.32 bits per heavy atom. The summed E-state index contributed by atoms with van der Waals surface area (Å²) in [6.45, 7) is 0. The number of benzene rings is 3. The molecule has 0 atom stereocenters. The second kappa shape index (κ2) is 9.80. The van der Waals surface area contributed by atoms with Crippen LogP contribution in [0.15, 0.2) is 94.7 Å². The van der Waals surface area contributed by atoms with Gasteiger partial charge in [0.05, 0.1) is 21.2 Å². The van der Waals surface area contributed by atoms with E-state index in [1.807, 2.05) is 0 Å². The van der Waals surface area contributed by atoms with Crippen LogP contribution in [0, 0.1) is 0 Å². The second-order valence-electron chi connectivity index (χ2n) is 7.75. The van der Waals surface area contributed by atoms with Gasteiger partial charge in [-0.05, 0) is 60.9 Å². The van der Waals surface area contributed by atoms with Gasteiger partial charge in [-0.1, -0.05) is 42.5 Å². The number of amides is 1. The van der Waals surface area contributed by atoms with Gasteiger partial charge in [0.15, 0.2) is 0 Å². The van der Waals surface area contributed by atoms with Gasteiger partial charge in [-0.25, -0.2) is 21.6 Å². The zero-order chi connectivity index (χ0) is 24.2. The zero-order valence-electron chi connectivity index (χ0n) is 18.0. The van der Waals surface area contributed by atoms with Gasteiger partial charge in [0, 0.05) is 12.1 Å². The van der Waals surface area contributed by atoms with Crippen molar-refractivity contribution in [2.24, 2.45) is 0 Å². The third-order valence-corrected chi connectivity index (χ3v) is 7.92. The molecule has 0 heterocycles. The molecule has 1 aliphatic carbocycles. The fourth-order valence-corrected chi connectivity index (χ4v) is 5.48. The van der Waals surface area contributed by atoms with E-state index >= 15 is 0 Å². The van der Waals surface area contributed by atoms with E-state index in [1.54, 1.807) is 54.6 Å². The molecule has 0 saturated heterocycles. The fraction of sp³-hybridized carbons (Fsp3) is 0.125.